The molecule has 3 rings (SSSR count). The van der Waals surface area contributed by atoms with Crippen LogP contribution in [0.15, 0.2) is 42.5 Å². The zero-order valence-corrected chi connectivity index (χ0v) is 10.9. The Bertz CT molecular complexity index is 799. The summed E-state index contributed by atoms with van der Waals surface area (Å²) < 4.78 is 4.70. The number of ether oxygens (including phenoxy) is 1. The van der Waals surface area contributed by atoms with Crippen LogP contribution in [0.1, 0.15) is 10.4 Å². The van der Waals surface area contributed by atoms with Gasteiger partial charge in [0.2, 0.25) is 0 Å². The van der Waals surface area contributed by atoms with E-state index in [2.05, 4.69) is 4.98 Å². The van der Waals surface area contributed by atoms with Gasteiger partial charge < -0.3 is 4.74 Å². The highest BCUT2D eigenvalue weighted by Gasteiger charge is 2.10. The maximum atomic E-state index is 11.5. The van der Waals surface area contributed by atoms with Crippen LogP contribution in [0.4, 0.5) is 0 Å². The van der Waals surface area contributed by atoms with Crippen molar-refractivity contribution >= 4 is 39.2 Å². The highest BCUT2D eigenvalue weighted by atomic mass is 35.5. The molecule has 0 atom stereocenters. The molecule has 0 saturated carbocycles. The minimum absolute atomic E-state index is 0.381. The molecule has 0 amide bonds. The topological polar surface area (TPSA) is 39.2 Å². The van der Waals surface area contributed by atoms with Gasteiger partial charge in [-0.05, 0) is 17.5 Å². The molecule has 1 aromatic heterocycles. The summed E-state index contributed by atoms with van der Waals surface area (Å²) in [5.74, 6) is -0.381. The SMILES string of the molecule is COC(=O)c1ccc2c(c1)nc(Cl)c1ccccc12. The molecular weight excluding hydrogens is 262 g/mol. The Labute approximate surface area is 114 Å². The summed E-state index contributed by atoms with van der Waals surface area (Å²) in [5, 5.41) is 3.33. The molecule has 4 heteroatoms. The number of benzene rings is 2. The first-order valence-electron chi connectivity index (χ1n) is 5.77. The van der Waals surface area contributed by atoms with Crippen LogP contribution in [-0.4, -0.2) is 18.1 Å². The molecule has 0 N–H and O–H groups in total. The number of rotatable bonds is 1. The zero-order valence-electron chi connectivity index (χ0n) is 10.2. The van der Waals surface area contributed by atoms with Gasteiger partial charge in [-0.25, -0.2) is 9.78 Å². The van der Waals surface area contributed by atoms with Crippen LogP contribution in [0.25, 0.3) is 21.7 Å². The highest BCUT2D eigenvalue weighted by Crippen LogP contribution is 2.29. The van der Waals surface area contributed by atoms with Gasteiger partial charge in [0.25, 0.3) is 0 Å². The van der Waals surface area contributed by atoms with Crippen molar-refractivity contribution < 1.29 is 9.53 Å². The van der Waals surface area contributed by atoms with E-state index >= 15 is 0 Å². The first-order valence-corrected chi connectivity index (χ1v) is 6.15. The number of esters is 1. The quantitative estimate of drug-likeness (QED) is 0.384. The number of hydrogen-bond acceptors (Lipinski definition) is 3. The number of carbonyl (C=O) groups excluding carboxylic acids is 1. The smallest absolute Gasteiger partial charge is 0.337 e. The van der Waals surface area contributed by atoms with Crippen molar-refractivity contribution in [2.24, 2.45) is 0 Å². The number of hydrogen-bond donors (Lipinski definition) is 0. The molecule has 3 aromatic rings. The highest BCUT2D eigenvalue weighted by molar-refractivity contribution is 6.35. The maximum Gasteiger partial charge on any atom is 0.337 e. The Morgan fingerprint density at radius 2 is 1.84 bits per heavy atom. The van der Waals surface area contributed by atoms with E-state index in [9.17, 15) is 4.79 Å². The zero-order chi connectivity index (χ0) is 13.4. The van der Waals surface area contributed by atoms with E-state index in [1.54, 1.807) is 12.1 Å². The molecule has 2 aromatic carbocycles. The lowest BCUT2D eigenvalue weighted by Gasteiger charge is -2.06. The second kappa shape index (κ2) is 4.52. The number of fused-ring (bicyclic) bond motifs is 3. The summed E-state index contributed by atoms with van der Waals surface area (Å²) in [7, 11) is 1.35. The summed E-state index contributed by atoms with van der Waals surface area (Å²) in [5.41, 5.74) is 1.15. The van der Waals surface area contributed by atoms with Gasteiger partial charge >= 0.3 is 5.97 Å². The molecule has 0 unspecified atom stereocenters. The van der Waals surface area contributed by atoms with Crippen LogP contribution in [-0.2, 0) is 4.74 Å². The van der Waals surface area contributed by atoms with Crippen LogP contribution in [0.5, 0.6) is 0 Å². The van der Waals surface area contributed by atoms with Crippen LogP contribution in [0.2, 0.25) is 5.15 Å². The summed E-state index contributed by atoms with van der Waals surface area (Å²) in [6.45, 7) is 0. The fraction of sp³-hybridized carbons (Fsp3) is 0.0667. The Balaban J connectivity index is 2.37. The Hall–Kier alpha value is -2.13. The molecule has 0 spiro atoms. The standard InChI is InChI=1S/C15H10ClNO2/c1-19-15(18)9-6-7-11-10-4-2-3-5-12(10)14(16)17-13(11)8-9/h2-8H,1H3. The van der Waals surface area contributed by atoms with Gasteiger partial charge in [-0.15, -0.1) is 0 Å². The normalized spacial score (nSPS) is 10.8. The monoisotopic (exact) mass is 271 g/mol. The summed E-state index contributed by atoms with van der Waals surface area (Å²) in [6.07, 6.45) is 0. The Kier molecular flexibility index (Phi) is 2.84. The molecule has 19 heavy (non-hydrogen) atoms. The number of pyridine rings is 1. The third-order valence-corrected chi connectivity index (χ3v) is 3.37. The van der Waals surface area contributed by atoms with Crippen LogP contribution in [0.3, 0.4) is 0 Å². The van der Waals surface area contributed by atoms with Crippen molar-refractivity contribution in [3.8, 4) is 0 Å². The molecule has 0 aliphatic heterocycles. The number of halogens is 1. The second-order valence-electron chi connectivity index (χ2n) is 4.17. The average molecular weight is 272 g/mol. The molecule has 3 nitrogen and oxygen atoms in total. The van der Waals surface area contributed by atoms with Gasteiger partial charge in [0.1, 0.15) is 5.15 Å². The summed E-state index contributed by atoms with van der Waals surface area (Å²) in [4.78, 5) is 15.9. The summed E-state index contributed by atoms with van der Waals surface area (Å²) in [6, 6.07) is 13.1. The number of nitrogens with zero attached hydrogens (tertiary/aromatic N) is 1. The minimum atomic E-state index is -0.381. The third-order valence-electron chi connectivity index (χ3n) is 3.08. The lowest BCUT2D eigenvalue weighted by Crippen LogP contribution is -2.01. The van der Waals surface area contributed by atoms with E-state index in [4.69, 9.17) is 16.3 Å². The maximum absolute atomic E-state index is 11.5. The molecular formula is C15H10ClNO2. The van der Waals surface area contributed by atoms with E-state index in [-0.39, 0.29) is 5.97 Å². The largest absolute Gasteiger partial charge is 0.465 e. The molecule has 0 bridgehead atoms. The molecule has 94 valence electrons. The van der Waals surface area contributed by atoms with Crippen molar-refractivity contribution in [3.63, 3.8) is 0 Å². The van der Waals surface area contributed by atoms with Crippen LogP contribution < -0.4 is 0 Å². The van der Waals surface area contributed by atoms with E-state index in [0.717, 1.165) is 16.2 Å². The lowest BCUT2D eigenvalue weighted by atomic mass is 10.0. The predicted molar refractivity (Wildman–Crippen MR) is 75.6 cm³/mol. The fourth-order valence-electron chi connectivity index (χ4n) is 2.16. The lowest BCUT2D eigenvalue weighted by molar-refractivity contribution is 0.0601. The third kappa shape index (κ3) is 1.92. The Morgan fingerprint density at radius 3 is 2.58 bits per heavy atom. The summed E-state index contributed by atoms with van der Waals surface area (Å²) >= 11 is 6.17. The number of carbonyl (C=O) groups is 1. The van der Waals surface area contributed by atoms with E-state index in [1.165, 1.54) is 7.11 Å². The molecule has 0 radical (unpaired) electrons. The van der Waals surface area contributed by atoms with Gasteiger partial charge in [0.05, 0.1) is 18.2 Å². The van der Waals surface area contributed by atoms with Gasteiger partial charge in [0, 0.05) is 10.8 Å². The molecule has 0 saturated heterocycles. The van der Waals surface area contributed by atoms with Gasteiger partial charge in [-0.3, -0.25) is 0 Å². The first kappa shape index (κ1) is 11.9. The van der Waals surface area contributed by atoms with Gasteiger partial charge in [0.15, 0.2) is 0 Å². The van der Waals surface area contributed by atoms with E-state index in [1.807, 2.05) is 30.3 Å². The van der Waals surface area contributed by atoms with Crippen LogP contribution >= 0.6 is 11.6 Å². The van der Waals surface area contributed by atoms with Crippen LogP contribution in [0, 0.1) is 0 Å². The second-order valence-corrected chi connectivity index (χ2v) is 4.53. The fourth-order valence-corrected chi connectivity index (χ4v) is 2.42. The van der Waals surface area contributed by atoms with Crippen molar-refractivity contribution in [1.29, 1.82) is 0 Å². The van der Waals surface area contributed by atoms with Gasteiger partial charge in [-0.2, -0.15) is 0 Å². The van der Waals surface area contributed by atoms with Crippen molar-refractivity contribution in [2.75, 3.05) is 7.11 Å². The van der Waals surface area contributed by atoms with Gasteiger partial charge in [-0.1, -0.05) is 41.9 Å². The number of aromatic nitrogens is 1. The molecule has 0 fully saturated rings. The van der Waals surface area contributed by atoms with Crippen molar-refractivity contribution in [2.45, 2.75) is 0 Å². The first-order chi connectivity index (χ1) is 9.20. The Morgan fingerprint density at radius 1 is 1.11 bits per heavy atom. The number of methoxy groups -OCH3 is 1. The predicted octanol–water partition coefficient (Wildman–Crippen LogP) is 3.83. The van der Waals surface area contributed by atoms with E-state index in [0.29, 0.717) is 16.2 Å². The molecule has 1 heterocycles. The minimum Gasteiger partial charge on any atom is -0.465 e. The van der Waals surface area contributed by atoms with E-state index < -0.39 is 0 Å². The van der Waals surface area contributed by atoms with Crippen molar-refractivity contribution in [3.05, 3.63) is 53.2 Å². The molecule has 0 aliphatic carbocycles. The average Bonchev–Trinajstić information content (AvgIpc) is 2.46. The van der Waals surface area contributed by atoms with Crippen molar-refractivity contribution in [1.82, 2.24) is 4.98 Å². The molecule has 0 aliphatic rings.